The number of hydrogen-bond donors (Lipinski definition) is 1. The predicted molar refractivity (Wildman–Crippen MR) is 108 cm³/mol. The number of rotatable bonds is 4. The summed E-state index contributed by atoms with van der Waals surface area (Å²) in [7, 11) is -1.22. The number of amides is 1. The summed E-state index contributed by atoms with van der Waals surface area (Å²) in [5.41, 5.74) is 3.92. The minimum atomic E-state index is -2.98. The number of benzene rings is 1. The number of likely N-dealkylation sites (N-methyl/N-ethyl adjacent to an activating group) is 1. The van der Waals surface area contributed by atoms with Crippen molar-refractivity contribution in [1.82, 2.24) is 4.90 Å². The van der Waals surface area contributed by atoms with Crippen LogP contribution < -0.4 is 9.80 Å². The fourth-order valence-corrected chi connectivity index (χ4v) is 6.06. The van der Waals surface area contributed by atoms with Crippen LogP contribution in [0.25, 0.3) is 0 Å². The Labute approximate surface area is 163 Å². The molecule has 0 bridgehead atoms. The van der Waals surface area contributed by atoms with Crippen molar-refractivity contribution in [3.8, 4) is 0 Å². The number of quaternary nitrogens is 1. The second kappa shape index (κ2) is 7.80. The molecule has 1 aromatic rings. The van der Waals surface area contributed by atoms with E-state index < -0.39 is 9.84 Å². The highest BCUT2D eigenvalue weighted by atomic mass is 32.2. The van der Waals surface area contributed by atoms with Gasteiger partial charge in [0, 0.05) is 18.8 Å². The Morgan fingerprint density at radius 1 is 1.26 bits per heavy atom. The second-order valence-electron chi connectivity index (χ2n) is 8.09. The number of nitrogens with zero attached hydrogens (tertiary/aromatic N) is 2. The summed E-state index contributed by atoms with van der Waals surface area (Å²) < 4.78 is 23.4. The standard InChI is InChI=1S/C20H31N3O3S/c1-15-6-5-7-19(16(15)2)23-11-9-22(10-12-23)17(3)20(24)21(4)18-8-13-27(25,26)14-18/h5-7,17-18H,8-14H2,1-4H3/p+1/t17-,18-/m0/s1. The molecule has 6 nitrogen and oxygen atoms in total. The van der Waals surface area contributed by atoms with Gasteiger partial charge in [0.2, 0.25) is 0 Å². The minimum absolute atomic E-state index is 0.0623. The Balaban J connectivity index is 1.59. The third kappa shape index (κ3) is 4.29. The number of hydrogen-bond acceptors (Lipinski definition) is 4. The van der Waals surface area contributed by atoms with Crippen LogP contribution in [0.1, 0.15) is 24.5 Å². The summed E-state index contributed by atoms with van der Waals surface area (Å²) in [5, 5.41) is 0. The van der Waals surface area contributed by atoms with Gasteiger partial charge in [0.25, 0.3) is 5.91 Å². The molecular weight excluding hydrogens is 362 g/mol. The van der Waals surface area contributed by atoms with Crippen LogP contribution in [0.15, 0.2) is 18.2 Å². The summed E-state index contributed by atoms with van der Waals surface area (Å²) >= 11 is 0. The Kier molecular flexibility index (Phi) is 5.82. The van der Waals surface area contributed by atoms with Gasteiger partial charge in [0.15, 0.2) is 15.9 Å². The van der Waals surface area contributed by atoms with E-state index >= 15 is 0 Å². The van der Waals surface area contributed by atoms with Crippen LogP contribution in [0, 0.1) is 13.8 Å². The van der Waals surface area contributed by atoms with Crippen molar-refractivity contribution in [2.24, 2.45) is 0 Å². The van der Waals surface area contributed by atoms with Gasteiger partial charge in [-0.05, 0) is 44.4 Å². The van der Waals surface area contributed by atoms with E-state index in [0.717, 1.165) is 26.2 Å². The van der Waals surface area contributed by atoms with Gasteiger partial charge in [-0.15, -0.1) is 0 Å². The van der Waals surface area contributed by atoms with Crippen molar-refractivity contribution < 1.29 is 18.1 Å². The van der Waals surface area contributed by atoms with Crippen LogP contribution in [-0.4, -0.2) is 76.0 Å². The molecular formula is C20H32N3O3S+. The van der Waals surface area contributed by atoms with E-state index in [1.54, 1.807) is 11.9 Å². The molecule has 0 saturated carbocycles. The fourth-order valence-electron chi connectivity index (χ4n) is 4.29. The summed E-state index contributed by atoms with van der Waals surface area (Å²) in [4.78, 5) is 18.3. The van der Waals surface area contributed by atoms with Crippen molar-refractivity contribution in [1.29, 1.82) is 0 Å². The van der Waals surface area contributed by atoms with Gasteiger partial charge < -0.3 is 14.7 Å². The normalized spacial score (nSPS) is 24.0. The topological polar surface area (TPSA) is 62.1 Å². The minimum Gasteiger partial charge on any atom is -0.360 e. The monoisotopic (exact) mass is 394 g/mol. The van der Waals surface area contributed by atoms with E-state index in [2.05, 4.69) is 36.9 Å². The molecule has 7 heteroatoms. The molecule has 2 aliphatic heterocycles. The molecule has 0 radical (unpaired) electrons. The fraction of sp³-hybridized carbons (Fsp3) is 0.650. The molecule has 3 rings (SSSR count). The van der Waals surface area contributed by atoms with Crippen molar-refractivity contribution >= 4 is 21.4 Å². The van der Waals surface area contributed by atoms with Gasteiger partial charge >= 0.3 is 0 Å². The van der Waals surface area contributed by atoms with Crippen LogP contribution in [-0.2, 0) is 14.6 Å². The molecule has 0 aromatic heterocycles. The van der Waals surface area contributed by atoms with Gasteiger partial charge in [0.05, 0.1) is 37.7 Å². The van der Waals surface area contributed by atoms with Gasteiger partial charge in [-0.3, -0.25) is 4.79 Å². The molecule has 0 unspecified atom stereocenters. The second-order valence-corrected chi connectivity index (χ2v) is 10.3. The lowest BCUT2D eigenvalue weighted by molar-refractivity contribution is -0.915. The van der Waals surface area contributed by atoms with E-state index in [4.69, 9.17) is 0 Å². The van der Waals surface area contributed by atoms with Crippen LogP contribution in [0.5, 0.6) is 0 Å². The lowest BCUT2D eigenvalue weighted by atomic mass is 10.1. The van der Waals surface area contributed by atoms with Crippen molar-refractivity contribution in [2.45, 2.75) is 39.3 Å². The maximum Gasteiger partial charge on any atom is 0.280 e. The highest BCUT2D eigenvalue weighted by Gasteiger charge is 2.37. The largest absolute Gasteiger partial charge is 0.360 e. The first-order valence-electron chi connectivity index (χ1n) is 9.82. The number of carbonyl (C=O) groups is 1. The van der Waals surface area contributed by atoms with Crippen LogP contribution in [0.2, 0.25) is 0 Å². The molecule has 1 N–H and O–H groups in total. The Morgan fingerprint density at radius 2 is 1.93 bits per heavy atom. The van der Waals surface area contributed by atoms with Crippen molar-refractivity contribution in [2.75, 3.05) is 49.6 Å². The lowest BCUT2D eigenvalue weighted by Crippen LogP contribution is -3.19. The van der Waals surface area contributed by atoms with Crippen molar-refractivity contribution in [3.05, 3.63) is 29.3 Å². The van der Waals surface area contributed by atoms with Crippen LogP contribution >= 0.6 is 0 Å². The van der Waals surface area contributed by atoms with Gasteiger partial charge in [0.1, 0.15) is 0 Å². The molecule has 2 fully saturated rings. The highest BCUT2D eigenvalue weighted by Crippen LogP contribution is 2.22. The van der Waals surface area contributed by atoms with Crippen LogP contribution in [0.3, 0.4) is 0 Å². The highest BCUT2D eigenvalue weighted by molar-refractivity contribution is 7.91. The number of nitrogens with one attached hydrogen (secondary N) is 1. The molecule has 27 heavy (non-hydrogen) atoms. The van der Waals surface area contributed by atoms with E-state index in [9.17, 15) is 13.2 Å². The predicted octanol–water partition coefficient (Wildman–Crippen LogP) is 0.0423. The van der Waals surface area contributed by atoms with E-state index in [1.807, 2.05) is 6.92 Å². The number of anilines is 1. The first-order valence-corrected chi connectivity index (χ1v) is 11.6. The third-order valence-corrected chi connectivity index (χ3v) is 8.16. The summed E-state index contributed by atoms with van der Waals surface area (Å²) in [6.07, 6.45) is 0.563. The van der Waals surface area contributed by atoms with Gasteiger partial charge in [-0.25, -0.2) is 8.42 Å². The summed E-state index contributed by atoms with van der Waals surface area (Å²) in [5.74, 6) is 0.371. The molecule has 2 saturated heterocycles. The third-order valence-electron chi connectivity index (χ3n) is 6.41. The number of sulfone groups is 1. The van der Waals surface area contributed by atoms with Gasteiger partial charge in [-0.1, -0.05) is 12.1 Å². The molecule has 2 atom stereocenters. The average molecular weight is 395 g/mol. The van der Waals surface area contributed by atoms with Crippen molar-refractivity contribution in [3.63, 3.8) is 0 Å². The number of carbonyl (C=O) groups excluding carboxylic acids is 1. The smallest absolute Gasteiger partial charge is 0.280 e. The van der Waals surface area contributed by atoms with E-state index in [-0.39, 0.29) is 29.5 Å². The molecule has 1 aromatic carbocycles. The Morgan fingerprint density at radius 3 is 2.52 bits per heavy atom. The summed E-state index contributed by atoms with van der Waals surface area (Å²) in [6.45, 7) is 9.97. The summed E-state index contributed by atoms with van der Waals surface area (Å²) in [6, 6.07) is 6.11. The SMILES string of the molecule is Cc1cccc(N2CC[NH+]([C@@H](C)C(=O)N(C)[C@H]3CCS(=O)(=O)C3)CC2)c1C. The zero-order valence-electron chi connectivity index (χ0n) is 16.9. The molecule has 0 aliphatic carbocycles. The Bertz CT molecular complexity index is 801. The van der Waals surface area contributed by atoms with Gasteiger partial charge in [-0.2, -0.15) is 0 Å². The van der Waals surface area contributed by atoms with E-state index in [0.29, 0.717) is 6.42 Å². The van der Waals surface area contributed by atoms with E-state index in [1.165, 1.54) is 21.7 Å². The molecule has 2 heterocycles. The zero-order chi connectivity index (χ0) is 19.8. The molecule has 0 spiro atoms. The average Bonchev–Trinajstić information content (AvgIpc) is 3.02. The zero-order valence-corrected chi connectivity index (χ0v) is 17.7. The lowest BCUT2D eigenvalue weighted by Gasteiger charge is -2.38. The maximum atomic E-state index is 12.9. The number of aryl methyl sites for hydroxylation is 1. The number of piperazine rings is 1. The van der Waals surface area contributed by atoms with Crippen LogP contribution in [0.4, 0.5) is 5.69 Å². The quantitative estimate of drug-likeness (QED) is 0.784. The first kappa shape index (κ1) is 20.1. The molecule has 1 amide bonds. The Hall–Kier alpha value is -1.60. The maximum absolute atomic E-state index is 12.9. The first-order chi connectivity index (χ1) is 12.7. The molecule has 2 aliphatic rings. The molecule has 150 valence electrons.